The van der Waals surface area contributed by atoms with Crippen LogP contribution in [0.15, 0.2) is 24.3 Å². The standard InChI is InChI=1S/C17H23ClN2O3/c18-14-9-5-4-8-13(14)10-19-16(22)17(23)20-11-15(21)12-6-2-1-3-7-12/h4-5,8-9,12,15,21H,1-3,6-7,10-11H2,(H,19,22)(H,20,23)/t15-/m1/s1. The molecule has 2 amide bonds. The van der Waals surface area contributed by atoms with Crippen molar-refractivity contribution in [3.05, 3.63) is 34.9 Å². The molecule has 1 saturated carbocycles. The van der Waals surface area contributed by atoms with Gasteiger partial charge in [-0.15, -0.1) is 0 Å². The molecule has 1 atom stereocenters. The topological polar surface area (TPSA) is 78.4 Å². The Kier molecular flexibility index (Phi) is 6.86. The van der Waals surface area contributed by atoms with Gasteiger partial charge in [-0.1, -0.05) is 49.1 Å². The minimum absolute atomic E-state index is 0.114. The molecule has 1 aromatic carbocycles. The average molecular weight is 339 g/mol. The van der Waals surface area contributed by atoms with Gasteiger partial charge in [-0.25, -0.2) is 0 Å². The fourth-order valence-electron chi connectivity index (χ4n) is 2.86. The van der Waals surface area contributed by atoms with Crippen molar-refractivity contribution in [2.75, 3.05) is 6.54 Å². The minimum atomic E-state index is -0.730. The Morgan fingerprint density at radius 2 is 1.78 bits per heavy atom. The molecule has 23 heavy (non-hydrogen) atoms. The second-order valence-corrected chi connectivity index (χ2v) is 6.36. The Morgan fingerprint density at radius 3 is 2.48 bits per heavy atom. The molecule has 3 N–H and O–H groups in total. The highest BCUT2D eigenvalue weighted by molar-refractivity contribution is 6.35. The van der Waals surface area contributed by atoms with Crippen LogP contribution in [0.2, 0.25) is 5.02 Å². The van der Waals surface area contributed by atoms with Crippen LogP contribution in [-0.2, 0) is 16.1 Å². The molecule has 0 aromatic heterocycles. The quantitative estimate of drug-likeness (QED) is 0.719. The van der Waals surface area contributed by atoms with Crippen molar-refractivity contribution in [3.8, 4) is 0 Å². The number of rotatable bonds is 5. The molecular formula is C17H23ClN2O3. The number of carbonyl (C=O) groups is 2. The molecule has 0 radical (unpaired) electrons. The highest BCUT2D eigenvalue weighted by Crippen LogP contribution is 2.26. The molecule has 1 aliphatic carbocycles. The van der Waals surface area contributed by atoms with E-state index in [9.17, 15) is 14.7 Å². The predicted molar refractivity (Wildman–Crippen MR) is 88.9 cm³/mol. The molecule has 5 nitrogen and oxygen atoms in total. The smallest absolute Gasteiger partial charge is 0.309 e. The summed E-state index contributed by atoms with van der Waals surface area (Å²) in [6.45, 7) is 0.306. The van der Waals surface area contributed by atoms with E-state index in [-0.39, 0.29) is 19.0 Å². The summed E-state index contributed by atoms with van der Waals surface area (Å²) in [6.07, 6.45) is 4.82. The van der Waals surface area contributed by atoms with E-state index >= 15 is 0 Å². The zero-order valence-corrected chi connectivity index (χ0v) is 13.8. The number of hydrogen-bond acceptors (Lipinski definition) is 3. The first-order valence-electron chi connectivity index (χ1n) is 8.05. The number of benzene rings is 1. The van der Waals surface area contributed by atoms with Gasteiger partial charge in [-0.05, 0) is 30.4 Å². The fourth-order valence-corrected chi connectivity index (χ4v) is 3.06. The second-order valence-electron chi connectivity index (χ2n) is 5.95. The highest BCUT2D eigenvalue weighted by atomic mass is 35.5. The Bertz CT molecular complexity index is 544. The van der Waals surface area contributed by atoms with Gasteiger partial charge in [0.15, 0.2) is 0 Å². The monoisotopic (exact) mass is 338 g/mol. The van der Waals surface area contributed by atoms with E-state index in [0.717, 1.165) is 31.2 Å². The largest absolute Gasteiger partial charge is 0.391 e. The summed E-state index contributed by atoms with van der Waals surface area (Å²) >= 11 is 5.99. The third-order valence-electron chi connectivity index (χ3n) is 4.27. The summed E-state index contributed by atoms with van der Waals surface area (Å²) in [5.41, 5.74) is 0.748. The van der Waals surface area contributed by atoms with Crippen molar-refractivity contribution >= 4 is 23.4 Å². The molecular weight excluding hydrogens is 316 g/mol. The Morgan fingerprint density at radius 1 is 1.13 bits per heavy atom. The Balaban J connectivity index is 1.72. The van der Waals surface area contributed by atoms with E-state index in [4.69, 9.17) is 11.6 Å². The molecule has 0 aliphatic heterocycles. The molecule has 126 valence electrons. The van der Waals surface area contributed by atoms with Gasteiger partial charge in [-0.2, -0.15) is 0 Å². The van der Waals surface area contributed by atoms with Crippen molar-refractivity contribution < 1.29 is 14.7 Å². The van der Waals surface area contributed by atoms with Gasteiger partial charge in [0.2, 0.25) is 0 Å². The Labute approximate surface area is 141 Å². The first-order chi connectivity index (χ1) is 11.1. The van der Waals surface area contributed by atoms with Gasteiger partial charge >= 0.3 is 11.8 Å². The van der Waals surface area contributed by atoms with E-state index in [1.54, 1.807) is 18.2 Å². The molecule has 1 aromatic rings. The number of hydrogen-bond donors (Lipinski definition) is 3. The van der Waals surface area contributed by atoms with Crippen LogP contribution in [0.1, 0.15) is 37.7 Å². The van der Waals surface area contributed by atoms with Gasteiger partial charge in [0.1, 0.15) is 0 Å². The van der Waals surface area contributed by atoms with Crippen molar-refractivity contribution in [1.29, 1.82) is 0 Å². The van der Waals surface area contributed by atoms with E-state index in [0.29, 0.717) is 5.02 Å². The van der Waals surface area contributed by atoms with Crippen molar-refractivity contribution in [2.45, 2.75) is 44.8 Å². The molecule has 6 heteroatoms. The van der Waals surface area contributed by atoms with Gasteiger partial charge in [0.25, 0.3) is 0 Å². The van der Waals surface area contributed by atoms with Gasteiger partial charge in [0.05, 0.1) is 6.10 Å². The predicted octanol–water partition coefficient (Wildman–Crippen LogP) is 2.01. The van der Waals surface area contributed by atoms with Crippen LogP contribution >= 0.6 is 11.6 Å². The lowest BCUT2D eigenvalue weighted by Gasteiger charge is -2.26. The zero-order chi connectivity index (χ0) is 16.7. The first kappa shape index (κ1) is 17.8. The average Bonchev–Trinajstić information content (AvgIpc) is 2.59. The van der Waals surface area contributed by atoms with Crippen LogP contribution in [0.5, 0.6) is 0 Å². The summed E-state index contributed by atoms with van der Waals surface area (Å²) in [7, 11) is 0. The summed E-state index contributed by atoms with van der Waals surface area (Å²) < 4.78 is 0. The number of nitrogens with one attached hydrogen (secondary N) is 2. The van der Waals surface area contributed by atoms with Crippen molar-refractivity contribution in [3.63, 3.8) is 0 Å². The maximum Gasteiger partial charge on any atom is 0.309 e. The Hall–Kier alpha value is -1.59. The summed E-state index contributed by atoms with van der Waals surface area (Å²) in [5, 5.41) is 15.6. The molecule has 2 rings (SSSR count). The van der Waals surface area contributed by atoms with Gasteiger partial charge in [0, 0.05) is 18.1 Å². The summed E-state index contributed by atoms with van der Waals surface area (Å²) in [5.74, 6) is -1.23. The number of halogens is 1. The SMILES string of the molecule is O=C(NCc1ccccc1Cl)C(=O)NC[C@@H](O)C1CCCCC1. The molecule has 0 saturated heterocycles. The third-order valence-corrected chi connectivity index (χ3v) is 4.64. The highest BCUT2D eigenvalue weighted by Gasteiger charge is 2.23. The van der Waals surface area contributed by atoms with Crippen LogP contribution < -0.4 is 10.6 Å². The van der Waals surface area contributed by atoms with Crippen LogP contribution in [-0.4, -0.2) is 29.6 Å². The zero-order valence-electron chi connectivity index (χ0n) is 13.1. The fraction of sp³-hybridized carbons (Fsp3) is 0.529. The van der Waals surface area contributed by atoms with Gasteiger partial charge in [-0.3, -0.25) is 9.59 Å². The summed E-state index contributed by atoms with van der Waals surface area (Å²) in [4.78, 5) is 23.5. The molecule has 1 fully saturated rings. The van der Waals surface area contributed by atoms with Crippen LogP contribution in [0.3, 0.4) is 0 Å². The summed E-state index contributed by atoms with van der Waals surface area (Å²) in [6, 6.07) is 7.12. The molecule has 0 bridgehead atoms. The van der Waals surface area contributed by atoms with E-state index < -0.39 is 17.9 Å². The molecule has 1 aliphatic rings. The first-order valence-corrected chi connectivity index (χ1v) is 8.43. The van der Waals surface area contributed by atoms with Crippen LogP contribution in [0.25, 0.3) is 0 Å². The maximum absolute atomic E-state index is 11.8. The lowest BCUT2D eigenvalue weighted by molar-refractivity contribution is -0.139. The van der Waals surface area contributed by atoms with Gasteiger partial charge < -0.3 is 15.7 Å². The maximum atomic E-state index is 11.8. The van der Waals surface area contributed by atoms with E-state index in [1.807, 2.05) is 6.07 Å². The van der Waals surface area contributed by atoms with Crippen molar-refractivity contribution in [2.24, 2.45) is 5.92 Å². The minimum Gasteiger partial charge on any atom is -0.391 e. The number of amides is 2. The van der Waals surface area contributed by atoms with Crippen LogP contribution in [0.4, 0.5) is 0 Å². The normalized spacial score (nSPS) is 16.6. The number of aliphatic hydroxyl groups is 1. The number of carbonyl (C=O) groups excluding carboxylic acids is 2. The second kappa shape index (κ2) is 8.89. The van der Waals surface area contributed by atoms with E-state index in [2.05, 4.69) is 10.6 Å². The van der Waals surface area contributed by atoms with E-state index in [1.165, 1.54) is 6.42 Å². The lowest BCUT2D eigenvalue weighted by Crippen LogP contribution is -2.44. The molecule has 0 heterocycles. The van der Waals surface area contributed by atoms with Crippen LogP contribution in [0, 0.1) is 5.92 Å². The molecule has 0 spiro atoms. The number of aliphatic hydroxyl groups excluding tert-OH is 1. The lowest BCUT2D eigenvalue weighted by atomic mass is 9.85. The molecule has 0 unspecified atom stereocenters. The third kappa shape index (κ3) is 5.52. The van der Waals surface area contributed by atoms with Crippen molar-refractivity contribution in [1.82, 2.24) is 10.6 Å².